The molecule has 0 saturated heterocycles. The summed E-state index contributed by atoms with van der Waals surface area (Å²) in [7, 11) is 0. The van der Waals surface area contributed by atoms with E-state index in [0.717, 1.165) is 44.5 Å². The van der Waals surface area contributed by atoms with Gasteiger partial charge in [-0.25, -0.2) is 0 Å². The fourth-order valence-corrected chi connectivity index (χ4v) is 12.2. The van der Waals surface area contributed by atoms with Gasteiger partial charge in [-0.2, -0.15) is 0 Å². The monoisotopic (exact) mass is 1120 g/mol. The first-order chi connectivity index (χ1) is 36.0. The molecule has 4 atom stereocenters. The first kappa shape index (κ1) is 47.4. The second kappa shape index (κ2) is 18.8. The van der Waals surface area contributed by atoms with E-state index in [4.69, 9.17) is 123 Å². The molecular weight excluding hydrogens is 1100 g/mol. The first-order valence-corrected chi connectivity index (χ1v) is 26.2. The third-order valence-corrected chi connectivity index (χ3v) is 16.0. The van der Waals surface area contributed by atoms with Gasteiger partial charge in [-0.15, -0.1) is 0 Å². The van der Waals surface area contributed by atoms with Crippen molar-refractivity contribution in [1.29, 1.82) is 0 Å². The van der Waals surface area contributed by atoms with Crippen molar-refractivity contribution in [2.75, 3.05) is 0 Å². The van der Waals surface area contributed by atoms with Crippen molar-refractivity contribution in [3.8, 4) is 44.5 Å². The largest absolute Gasteiger partial charge is 0.385 e. The summed E-state index contributed by atoms with van der Waals surface area (Å²) in [6.45, 7) is 0. The zero-order valence-electron chi connectivity index (χ0n) is 37.9. The second-order valence-electron chi connectivity index (χ2n) is 18.0. The lowest BCUT2D eigenvalue weighted by Crippen LogP contribution is -2.14. The van der Waals surface area contributed by atoms with Crippen LogP contribution < -0.4 is 0 Å². The number of aromatic nitrogens is 4. The first-order valence-electron chi connectivity index (χ1n) is 23.2. The lowest BCUT2D eigenvalue weighted by Gasteiger charge is -2.17. The van der Waals surface area contributed by atoms with E-state index in [2.05, 4.69) is 9.97 Å². The molecule has 6 aromatic carbocycles. The predicted molar refractivity (Wildman–Crippen MR) is 302 cm³/mol. The summed E-state index contributed by atoms with van der Waals surface area (Å²) in [5.74, 6) is -1.25. The van der Waals surface area contributed by atoms with Crippen LogP contribution in [0.4, 0.5) is 0 Å². The summed E-state index contributed by atoms with van der Waals surface area (Å²) in [6.07, 6.45) is -1.53. The predicted octanol–water partition coefficient (Wildman–Crippen LogP) is 18.7. The van der Waals surface area contributed by atoms with E-state index in [9.17, 15) is 0 Å². The molecule has 0 radical (unpaired) electrons. The van der Waals surface area contributed by atoms with Gasteiger partial charge in [0, 0.05) is 75.5 Å². The minimum absolute atomic E-state index is 0.412. The highest BCUT2D eigenvalue weighted by Crippen LogP contribution is 2.55. The van der Waals surface area contributed by atoms with Gasteiger partial charge in [-0.05, 0) is 119 Å². The van der Waals surface area contributed by atoms with Crippen molar-refractivity contribution in [2.45, 2.75) is 24.0 Å². The van der Waals surface area contributed by atoms with E-state index in [1.54, 1.807) is 36.4 Å². The summed E-state index contributed by atoms with van der Waals surface area (Å²) < 4.78 is 0. The van der Waals surface area contributed by atoms with E-state index >= 15 is 0 Å². The summed E-state index contributed by atoms with van der Waals surface area (Å²) >= 11 is 54.7. The van der Waals surface area contributed by atoms with Crippen LogP contribution in [-0.2, 0) is 9.68 Å². The molecule has 0 amide bonds. The minimum Gasteiger partial charge on any atom is -0.385 e. The highest BCUT2D eigenvalue weighted by atomic mass is 35.5. The molecule has 4 aliphatic heterocycles. The van der Waals surface area contributed by atoms with Gasteiger partial charge in [0.25, 0.3) is 0 Å². The van der Waals surface area contributed by atoms with Gasteiger partial charge in [-0.3, -0.25) is 9.97 Å². The number of nitrogens with zero attached hydrogens (tertiary/aromatic N) is 4. The second-order valence-corrected chi connectivity index (χ2v) is 21.4. The van der Waals surface area contributed by atoms with Crippen LogP contribution in [0.3, 0.4) is 0 Å². The van der Waals surface area contributed by atoms with E-state index < -0.39 is 24.0 Å². The Bertz CT molecular complexity index is 3720. The van der Waals surface area contributed by atoms with Crippen LogP contribution in [-0.4, -0.2) is 31.4 Å². The molecule has 2 N–H and O–H groups in total. The number of oxime groups is 2. The molecule has 4 aliphatic rings. The molecule has 362 valence electrons. The summed E-state index contributed by atoms with van der Waals surface area (Å²) in [4.78, 5) is 32.4. The van der Waals surface area contributed by atoms with Crippen LogP contribution in [0.15, 0.2) is 168 Å². The van der Waals surface area contributed by atoms with Crippen molar-refractivity contribution in [3.05, 3.63) is 232 Å². The molecule has 0 spiro atoms. The Morgan fingerprint density at radius 1 is 0.311 bits per heavy atom. The maximum atomic E-state index is 7.05. The van der Waals surface area contributed by atoms with E-state index in [1.807, 2.05) is 121 Å². The topological polar surface area (TPSA) is 101 Å². The van der Waals surface area contributed by atoms with Crippen molar-refractivity contribution >= 4 is 126 Å². The van der Waals surface area contributed by atoms with Crippen LogP contribution in [0, 0.1) is 0 Å². The Kier molecular flexibility index (Phi) is 12.1. The molecule has 7 heterocycles. The fraction of sp³-hybridized carbons (Fsp3) is 0.0690. The lowest BCUT2D eigenvalue weighted by atomic mass is 9.85. The highest BCUT2D eigenvalue weighted by Gasteiger charge is 2.49. The summed E-state index contributed by atoms with van der Waals surface area (Å²) in [6, 6.07) is 49.4. The van der Waals surface area contributed by atoms with Crippen LogP contribution in [0.5, 0.6) is 0 Å². The molecule has 4 unspecified atom stereocenters. The quantitative estimate of drug-likeness (QED) is 0.173. The zero-order chi connectivity index (χ0) is 50.5. The maximum absolute atomic E-state index is 7.05. The number of fused-ring (bicyclic) bond motifs is 14. The maximum Gasteiger partial charge on any atom is 0.184 e. The Morgan fingerprint density at radius 3 is 0.865 bits per heavy atom. The summed E-state index contributed by atoms with van der Waals surface area (Å²) in [5, 5.41) is 13.6. The molecule has 8 nitrogen and oxygen atoms in total. The van der Waals surface area contributed by atoms with Crippen molar-refractivity contribution in [3.63, 3.8) is 0 Å². The molecular formula is C58H32Cl8N6O2. The molecule has 0 fully saturated rings. The smallest absolute Gasteiger partial charge is 0.184 e. The number of hydrogen-bond donors (Lipinski definition) is 2. The van der Waals surface area contributed by atoms with E-state index in [1.165, 1.54) is 0 Å². The van der Waals surface area contributed by atoms with Gasteiger partial charge in [0.05, 0.1) is 54.7 Å². The normalized spacial score (nSPS) is 17.6. The van der Waals surface area contributed by atoms with E-state index in [0.29, 0.717) is 108 Å². The number of hydrogen-bond acceptors (Lipinski definition) is 6. The molecule has 0 saturated carbocycles. The number of rotatable bonds is 6. The van der Waals surface area contributed by atoms with Crippen molar-refractivity contribution < 1.29 is 9.68 Å². The van der Waals surface area contributed by atoms with Crippen LogP contribution >= 0.6 is 92.8 Å². The fourth-order valence-electron chi connectivity index (χ4n) is 10.5. The third-order valence-electron chi connectivity index (χ3n) is 13.8. The standard InChI is InChI=1S/C58H32Cl8N6O2/c59-31-15-7-27(8-16-31)43-39-23-25-42(67-39)46(30-13-21-34(62)22-14-30)56-58-50(54(72-74-58)48-37(65)5-2-6-38(48)66)52(70-56)44(28-9-17-32(60)18-10-28)40-24-26-41(68-40)45(29-11-19-33(61)20-12-29)55-57-49(51(43)69-55)53(71-73-57)47-35(63)3-1-4-36(47)64/h1-26,49-50,57-58,67-68H. The number of nitrogens with one attached hydrogen (secondary N) is 2. The van der Waals surface area contributed by atoms with Crippen molar-refractivity contribution in [1.82, 2.24) is 19.9 Å². The Morgan fingerprint density at radius 2 is 0.581 bits per heavy atom. The van der Waals surface area contributed by atoms with Gasteiger partial charge in [0.2, 0.25) is 0 Å². The van der Waals surface area contributed by atoms with Gasteiger partial charge >= 0.3 is 0 Å². The molecule has 0 aliphatic carbocycles. The highest BCUT2D eigenvalue weighted by molar-refractivity contribution is 6.42. The van der Waals surface area contributed by atoms with Crippen LogP contribution in [0.1, 0.15) is 57.9 Å². The Hall–Kier alpha value is -6.30. The average Bonchev–Trinajstić information content (AvgIpc) is 4.28. The lowest BCUT2D eigenvalue weighted by molar-refractivity contribution is 0.0799. The van der Waals surface area contributed by atoms with Crippen LogP contribution in [0.25, 0.3) is 66.6 Å². The number of H-pyrrole nitrogens is 2. The van der Waals surface area contributed by atoms with Gasteiger partial charge < -0.3 is 19.6 Å². The Labute approximate surface area is 463 Å². The zero-order valence-corrected chi connectivity index (χ0v) is 44.0. The average molecular weight is 1130 g/mol. The van der Waals surface area contributed by atoms with Crippen LogP contribution in [0.2, 0.25) is 40.2 Å². The van der Waals surface area contributed by atoms with Gasteiger partial charge in [0.15, 0.2) is 12.2 Å². The van der Waals surface area contributed by atoms with E-state index in [-0.39, 0.29) is 0 Å². The summed E-state index contributed by atoms with van der Waals surface area (Å²) in [5.41, 5.74) is 13.6. The van der Waals surface area contributed by atoms with Gasteiger partial charge in [-0.1, -0.05) is 164 Å². The Balaban J connectivity index is 1.24. The molecule has 9 aromatic rings. The minimum atomic E-state index is -0.764. The SMILES string of the molecule is Clc1ccc(-c2c3nc(c(-c4ccc(Cl)cc4)c4ccc([nH]4)c(-c4ccc(Cl)cc4)c4nc(c(-c5ccc(Cl)cc5)c5ccc2[nH]5)C2C(c5c(Cl)cccc5Cl)=NOC42)C2C(c4c(Cl)cccc4Cl)=NOC32)cc1. The molecule has 3 aromatic heterocycles. The third kappa shape index (κ3) is 7.98. The van der Waals surface area contributed by atoms with Crippen molar-refractivity contribution in [2.24, 2.45) is 10.3 Å². The number of halogens is 8. The molecule has 8 bridgehead atoms. The van der Waals surface area contributed by atoms with Gasteiger partial charge in [0.1, 0.15) is 11.4 Å². The molecule has 74 heavy (non-hydrogen) atoms. The molecule has 13 rings (SSSR count). The number of benzene rings is 6. The molecule has 16 heteroatoms. The number of aromatic amines is 2.